The summed E-state index contributed by atoms with van der Waals surface area (Å²) in [5.41, 5.74) is 7.74. The van der Waals surface area contributed by atoms with Gasteiger partial charge >= 0.3 is 27.0 Å². The van der Waals surface area contributed by atoms with Gasteiger partial charge in [-0.2, -0.15) is 6.54 Å². The Balaban J connectivity index is 0.00000117. The number of carbonyl (C=O) groups is 1. The number of rotatable bonds is 6. The molecule has 8 heteroatoms. The van der Waals surface area contributed by atoms with Crippen LogP contribution in [0.15, 0.2) is 30.3 Å². The van der Waals surface area contributed by atoms with Crippen LogP contribution in [0.3, 0.4) is 0 Å². The van der Waals surface area contributed by atoms with Crippen LogP contribution in [0.1, 0.15) is 44.7 Å². The van der Waals surface area contributed by atoms with E-state index in [2.05, 4.69) is 14.4 Å². The molecule has 2 unspecified atom stereocenters. The molecule has 3 atom stereocenters. The quantitative estimate of drug-likeness (QED) is 0.552. The van der Waals surface area contributed by atoms with Crippen LogP contribution in [0, 0.1) is 16.7 Å². The molecule has 146 valence electrons. The van der Waals surface area contributed by atoms with Crippen LogP contribution in [-0.2, 0) is 32.1 Å². The number of benzene rings is 1. The Morgan fingerprint density at radius 1 is 1.31 bits per heavy atom. The van der Waals surface area contributed by atoms with Crippen molar-refractivity contribution >= 4 is 25.5 Å². The summed E-state index contributed by atoms with van der Waals surface area (Å²) in [6.45, 7) is 3.94. The summed E-state index contributed by atoms with van der Waals surface area (Å²) in [5, 5.41) is 0. The molecular weight excluding hydrogens is 463 g/mol. The zero-order chi connectivity index (χ0) is 19.6. The molecule has 1 aromatic rings. The van der Waals surface area contributed by atoms with E-state index in [1.807, 2.05) is 49.4 Å². The summed E-state index contributed by atoms with van der Waals surface area (Å²) in [4.78, 5) is 12.5. The predicted octanol–water partition coefficient (Wildman–Crippen LogP) is 4.57. The molecule has 0 aliphatic heterocycles. The van der Waals surface area contributed by atoms with Gasteiger partial charge in [-0.1, -0.05) is 49.7 Å². The van der Waals surface area contributed by atoms with Crippen LogP contribution in [0.2, 0.25) is 0 Å². The first kappa shape index (κ1) is 22.0. The number of nitrogens with zero attached hydrogens (tertiary/aromatic N) is 1. The molecule has 0 heterocycles. The van der Waals surface area contributed by atoms with Crippen LogP contribution in [-0.4, -0.2) is 26.5 Å². The van der Waals surface area contributed by atoms with E-state index in [1.54, 1.807) is 12.1 Å². The van der Waals surface area contributed by atoms with Crippen LogP contribution in [0.5, 0.6) is 0 Å². The third-order valence-electron chi connectivity index (χ3n) is 6.22. The maximum atomic E-state index is 12.5. The normalized spacial score (nSPS) is 27.7. The first-order valence-electron chi connectivity index (χ1n) is 8.51. The third kappa shape index (κ3) is 4.07. The van der Waals surface area contributed by atoms with Crippen molar-refractivity contribution in [1.82, 2.24) is 0 Å². The standard InChI is InChI=1S/C18H24N2O3S.ClH.Rh/c1-17(2)14-8-9-18(17,16(21)10-14)12-24(22,23)20-11-15(19)13-6-4-3-5-7-13;;/h3-7,14-15,19H,8-12H2,1-2H3;1H;/q-2;;+3/p-1/t14?,15-,18?;;/m0../s1. The van der Waals surface area contributed by atoms with E-state index in [0.717, 1.165) is 12.0 Å². The predicted molar refractivity (Wildman–Crippen MR) is 99.9 cm³/mol. The zero-order valence-corrected chi connectivity index (χ0v) is 18.1. The molecule has 2 aliphatic carbocycles. The maximum absolute atomic E-state index is 12.5. The van der Waals surface area contributed by atoms with Crippen LogP contribution in [0.4, 0.5) is 0 Å². The molecule has 0 radical (unpaired) electrons. The molecule has 1 N–H and O–H groups in total. The van der Waals surface area contributed by atoms with Crippen molar-refractivity contribution in [3.05, 3.63) is 46.4 Å². The van der Waals surface area contributed by atoms with Gasteiger partial charge in [-0.15, -0.1) is 6.04 Å². The van der Waals surface area contributed by atoms with Gasteiger partial charge in [0.05, 0.1) is 10.0 Å². The summed E-state index contributed by atoms with van der Waals surface area (Å²) in [7, 11) is 0.797. The number of carbonyl (C=O) groups excluding carboxylic acids is 1. The van der Waals surface area contributed by atoms with Crippen molar-refractivity contribution < 1.29 is 30.5 Å². The number of hydrogen-bond donors (Lipinski definition) is 0. The van der Waals surface area contributed by atoms with Crippen molar-refractivity contribution in [1.29, 1.82) is 0 Å². The second kappa shape index (κ2) is 8.36. The Bertz CT molecular complexity index is 742. The van der Waals surface area contributed by atoms with E-state index in [4.69, 9.17) is 5.73 Å². The van der Waals surface area contributed by atoms with Gasteiger partial charge in [0, 0.05) is 17.6 Å². The molecule has 1 aromatic carbocycles. The fourth-order valence-corrected chi connectivity index (χ4v) is 6.21. The average Bonchev–Trinajstić information content (AvgIpc) is 2.96. The van der Waals surface area contributed by atoms with E-state index >= 15 is 0 Å². The van der Waals surface area contributed by atoms with E-state index in [-0.39, 0.29) is 29.4 Å². The fraction of sp³-hybridized carbons (Fsp3) is 0.611. The van der Waals surface area contributed by atoms with Crippen LogP contribution < -0.4 is 0 Å². The van der Waals surface area contributed by atoms with E-state index < -0.39 is 21.5 Å². The number of nitrogens with one attached hydrogen (secondary N) is 1. The summed E-state index contributed by atoms with van der Waals surface area (Å²) < 4.78 is 28.9. The molecule has 0 spiro atoms. The van der Waals surface area contributed by atoms with Gasteiger partial charge in [0.15, 0.2) is 0 Å². The Morgan fingerprint density at radius 3 is 2.42 bits per heavy atom. The molecule has 2 bridgehead atoms. The Labute approximate surface area is 170 Å². The molecule has 26 heavy (non-hydrogen) atoms. The number of hydrogen-bond acceptors (Lipinski definition) is 3. The summed E-state index contributed by atoms with van der Waals surface area (Å²) in [6.07, 6.45) is 2.05. The number of ketones is 1. The fourth-order valence-electron chi connectivity index (χ4n) is 4.44. The summed E-state index contributed by atoms with van der Waals surface area (Å²) in [5.74, 6) is 0.158. The molecular formula is C18H24ClN2O3RhS. The van der Waals surface area contributed by atoms with E-state index in [9.17, 15) is 13.2 Å². The monoisotopic (exact) mass is 486 g/mol. The second-order valence-corrected chi connectivity index (χ2v) is 9.38. The average molecular weight is 487 g/mol. The Kier molecular flexibility index (Phi) is 7.06. The number of sulfonamides is 1. The van der Waals surface area contributed by atoms with Gasteiger partial charge in [0.1, 0.15) is 5.78 Å². The van der Waals surface area contributed by atoms with Crippen LogP contribution >= 0.6 is 9.69 Å². The van der Waals surface area contributed by atoms with Crippen molar-refractivity contribution in [3.8, 4) is 0 Å². The second-order valence-electron chi connectivity index (χ2n) is 7.67. The van der Waals surface area contributed by atoms with Gasteiger partial charge < -0.3 is 10.5 Å². The van der Waals surface area contributed by atoms with E-state index in [1.165, 1.54) is 0 Å². The van der Waals surface area contributed by atoms with Gasteiger partial charge in [-0.3, -0.25) is 4.79 Å². The minimum absolute atomic E-state index is 0.0769. The number of Topliss-reactive ketones (excluding diaryl/α,β-unsaturated/α-hetero) is 1. The van der Waals surface area contributed by atoms with Gasteiger partial charge in [0.2, 0.25) is 0 Å². The third-order valence-corrected chi connectivity index (χ3v) is 7.62. The molecule has 0 saturated heterocycles. The van der Waals surface area contributed by atoms with Gasteiger partial charge in [0.25, 0.3) is 0 Å². The Hall–Kier alpha value is -0.327. The molecule has 5 nitrogen and oxygen atoms in total. The minimum atomic E-state index is -3.73. The Morgan fingerprint density at radius 2 is 1.92 bits per heavy atom. The molecule has 3 rings (SSSR count). The number of fused-ring (bicyclic) bond motifs is 2. The summed E-state index contributed by atoms with van der Waals surface area (Å²) >= 11 is 2.02. The van der Waals surface area contributed by atoms with Crippen molar-refractivity contribution in [2.24, 2.45) is 16.7 Å². The molecule has 2 fully saturated rings. The first-order valence-corrected chi connectivity index (χ1v) is 12.2. The first-order chi connectivity index (χ1) is 12.2. The van der Waals surface area contributed by atoms with Crippen molar-refractivity contribution in [2.75, 3.05) is 12.3 Å². The molecule has 2 aliphatic rings. The van der Waals surface area contributed by atoms with Crippen LogP contribution in [0.25, 0.3) is 10.5 Å². The zero-order valence-electron chi connectivity index (χ0n) is 14.9. The SMILES string of the molecule is CC1(C)C2CCC1(CS(=O)(=O)[N-]C[C@H]([NH-])c1ccccc1)C(=O)C2.[Cl][Rh+2]. The van der Waals surface area contributed by atoms with E-state index in [0.29, 0.717) is 12.8 Å². The van der Waals surface area contributed by atoms with Gasteiger partial charge in [-0.25, -0.2) is 8.42 Å². The van der Waals surface area contributed by atoms with Crippen molar-refractivity contribution in [3.63, 3.8) is 0 Å². The number of halogens is 1. The molecule has 0 aromatic heterocycles. The molecule has 0 amide bonds. The van der Waals surface area contributed by atoms with Crippen molar-refractivity contribution in [2.45, 2.75) is 39.2 Å². The molecule has 2 saturated carbocycles. The van der Waals surface area contributed by atoms with Gasteiger partial charge in [-0.05, 0) is 24.2 Å². The summed E-state index contributed by atoms with van der Waals surface area (Å²) in [6, 6.07) is 8.38. The topological polar surface area (TPSA) is 89.1 Å².